The van der Waals surface area contributed by atoms with E-state index in [1.54, 1.807) is 0 Å². The molecule has 0 bridgehead atoms. The van der Waals surface area contributed by atoms with Crippen molar-refractivity contribution in [1.29, 1.82) is 0 Å². The predicted molar refractivity (Wildman–Crippen MR) is 72.2 cm³/mol. The maximum atomic E-state index is 10.2. The summed E-state index contributed by atoms with van der Waals surface area (Å²) in [5.41, 5.74) is 0. The summed E-state index contributed by atoms with van der Waals surface area (Å²) in [6, 6.07) is 0. The lowest BCUT2D eigenvalue weighted by Gasteiger charge is -2.00. The molecule has 6 nitrogen and oxygen atoms in total. The number of amides is 1. The first-order valence-electron chi connectivity index (χ1n) is 5.97. The van der Waals surface area contributed by atoms with Gasteiger partial charge in [-0.25, -0.2) is 16.8 Å². The highest BCUT2D eigenvalue weighted by Crippen LogP contribution is 2.03. The highest BCUT2D eigenvalue weighted by molar-refractivity contribution is 7.86. The van der Waals surface area contributed by atoms with E-state index in [1.165, 1.54) is 38.5 Å². The molecular formula is C10H23NO5S2. The second kappa shape index (κ2) is 12.8. The quantitative estimate of drug-likeness (QED) is 0.546. The van der Waals surface area contributed by atoms with E-state index in [4.69, 9.17) is 0 Å². The van der Waals surface area contributed by atoms with E-state index in [2.05, 4.69) is 13.8 Å². The third kappa shape index (κ3) is 11.8. The molecule has 0 radical (unpaired) electrons. The number of carbonyl (C=O) groups is 1. The molecule has 18 heavy (non-hydrogen) atoms. The van der Waals surface area contributed by atoms with Crippen molar-refractivity contribution < 1.29 is 21.6 Å². The molecule has 0 aromatic rings. The van der Waals surface area contributed by atoms with Gasteiger partial charge >= 0.3 is 0 Å². The first kappa shape index (κ1) is 19.7. The molecule has 0 saturated heterocycles. The second-order valence-electron chi connectivity index (χ2n) is 3.70. The number of thiol groups is 2. The van der Waals surface area contributed by atoms with Gasteiger partial charge in [0, 0.05) is 6.92 Å². The Morgan fingerprint density at radius 1 is 0.833 bits per heavy atom. The lowest BCUT2D eigenvalue weighted by atomic mass is 10.1. The van der Waals surface area contributed by atoms with Gasteiger partial charge in [-0.1, -0.05) is 52.4 Å². The zero-order chi connectivity index (χ0) is 14.6. The third-order valence-corrected chi connectivity index (χ3v) is 4.11. The molecule has 8 heteroatoms. The van der Waals surface area contributed by atoms with Crippen molar-refractivity contribution in [2.75, 3.05) is 0 Å². The van der Waals surface area contributed by atoms with Crippen LogP contribution >= 0.6 is 0 Å². The van der Waals surface area contributed by atoms with Crippen molar-refractivity contribution in [3.63, 3.8) is 0 Å². The molecule has 0 aliphatic rings. The van der Waals surface area contributed by atoms with Crippen LogP contribution in [0.25, 0.3) is 0 Å². The van der Waals surface area contributed by atoms with Crippen molar-refractivity contribution in [1.82, 2.24) is 3.71 Å². The summed E-state index contributed by atoms with van der Waals surface area (Å²) in [5, 5.41) is 0. The minimum atomic E-state index is -3.36. The van der Waals surface area contributed by atoms with Crippen molar-refractivity contribution >= 4 is 27.7 Å². The van der Waals surface area contributed by atoms with Crippen LogP contribution in [0.3, 0.4) is 0 Å². The molecule has 0 aromatic carbocycles. The van der Waals surface area contributed by atoms with E-state index < -0.39 is 27.7 Å². The standard InChI is InChI=1S/C8H18.C2H5NO5S2/c1-3-5-7-8-6-4-2;1-2(4)3(9(5)6)10(7)8/h3-8H2,1-2H3;9-10H,1H3. The smallest absolute Gasteiger partial charge is 0.246 e. The van der Waals surface area contributed by atoms with Crippen molar-refractivity contribution in [3.05, 3.63) is 0 Å². The maximum absolute atomic E-state index is 10.2. The fraction of sp³-hybridized carbons (Fsp3) is 0.900. The van der Waals surface area contributed by atoms with Crippen LogP contribution in [0.5, 0.6) is 0 Å². The van der Waals surface area contributed by atoms with Gasteiger partial charge in [0.15, 0.2) is 0 Å². The maximum Gasteiger partial charge on any atom is 0.246 e. The number of unbranched alkanes of at least 4 members (excludes halogenated alkanes) is 5. The molecule has 0 aromatic heterocycles. The normalized spacial score (nSPS) is 10.1. The Kier molecular flexibility index (Phi) is 14.0. The molecule has 0 N–H and O–H groups in total. The molecule has 0 aliphatic carbocycles. The van der Waals surface area contributed by atoms with Crippen LogP contribution in [0.1, 0.15) is 59.3 Å². The summed E-state index contributed by atoms with van der Waals surface area (Å²) in [6.07, 6.45) is 8.49. The van der Waals surface area contributed by atoms with Crippen molar-refractivity contribution in [2.24, 2.45) is 0 Å². The number of nitrogens with zero attached hydrogens (tertiary/aromatic N) is 1. The minimum Gasteiger partial charge on any atom is -0.273 e. The van der Waals surface area contributed by atoms with Gasteiger partial charge in [0.2, 0.25) is 27.7 Å². The van der Waals surface area contributed by atoms with E-state index >= 15 is 0 Å². The lowest BCUT2D eigenvalue weighted by molar-refractivity contribution is -0.120. The highest BCUT2D eigenvalue weighted by Gasteiger charge is 2.11. The summed E-state index contributed by atoms with van der Waals surface area (Å²) < 4.78 is 39.5. The van der Waals surface area contributed by atoms with E-state index in [1.807, 2.05) is 0 Å². The Labute approximate surface area is 113 Å². The summed E-state index contributed by atoms with van der Waals surface area (Å²) in [7, 11) is -6.71. The number of hydrogen-bond donors (Lipinski definition) is 2. The van der Waals surface area contributed by atoms with Gasteiger partial charge in [0.1, 0.15) is 0 Å². The fourth-order valence-electron chi connectivity index (χ4n) is 1.14. The Hall–Kier alpha value is -0.630. The van der Waals surface area contributed by atoms with E-state index in [0.29, 0.717) is 0 Å². The predicted octanol–water partition coefficient (Wildman–Crippen LogP) is 1.25. The van der Waals surface area contributed by atoms with Crippen LogP contribution in [0.2, 0.25) is 0 Å². The zero-order valence-corrected chi connectivity index (χ0v) is 12.9. The molecule has 110 valence electrons. The van der Waals surface area contributed by atoms with Crippen LogP contribution in [-0.4, -0.2) is 26.5 Å². The monoisotopic (exact) mass is 301 g/mol. The first-order valence-corrected chi connectivity index (χ1v) is 8.23. The number of rotatable bonds is 7. The number of hydrogen-bond acceptors (Lipinski definition) is 5. The Balaban J connectivity index is 0. The highest BCUT2D eigenvalue weighted by atomic mass is 32.2. The Morgan fingerprint density at radius 2 is 1.17 bits per heavy atom. The van der Waals surface area contributed by atoms with Gasteiger partial charge in [-0.3, -0.25) is 4.79 Å². The van der Waals surface area contributed by atoms with Gasteiger partial charge in [-0.15, -0.1) is 3.71 Å². The van der Waals surface area contributed by atoms with Crippen LogP contribution in [0, 0.1) is 0 Å². The molecule has 0 unspecified atom stereocenters. The molecule has 0 saturated carbocycles. The second-order valence-corrected chi connectivity index (χ2v) is 5.77. The van der Waals surface area contributed by atoms with E-state index in [-0.39, 0.29) is 3.71 Å². The van der Waals surface area contributed by atoms with Crippen LogP contribution in [-0.2, 0) is 26.6 Å². The molecule has 0 fully saturated rings. The summed E-state index contributed by atoms with van der Waals surface area (Å²) >= 11 is 0. The Bertz CT molecular complexity index is 319. The van der Waals surface area contributed by atoms with Gasteiger partial charge in [0.05, 0.1) is 0 Å². The molecule has 0 spiro atoms. The third-order valence-electron chi connectivity index (χ3n) is 2.05. The lowest BCUT2D eigenvalue weighted by Crippen LogP contribution is -2.24. The number of carbonyl (C=O) groups excluding carboxylic acids is 1. The van der Waals surface area contributed by atoms with Crippen LogP contribution < -0.4 is 0 Å². The van der Waals surface area contributed by atoms with Gasteiger partial charge in [0.25, 0.3) is 0 Å². The van der Waals surface area contributed by atoms with Crippen LogP contribution in [0.4, 0.5) is 0 Å². The molecule has 0 rings (SSSR count). The van der Waals surface area contributed by atoms with Gasteiger partial charge in [-0.05, 0) is 0 Å². The van der Waals surface area contributed by atoms with E-state index in [0.717, 1.165) is 6.92 Å². The van der Waals surface area contributed by atoms with Crippen molar-refractivity contribution in [2.45, 2.75) is 59.3 Å². The summed E-state index contributed by atoms with van der Waals surface area (Å²) in [6.45, 7) is 5.36. The Morgan fingerprint density at radius 3 is 1.28 bits per heavy atom. The molecule has 0 atom stereocenters. The molecule has 0 aliphatic heterocycles. The zero-order valence-electron chi connectivity index (χ0n) is 11.1. The van der Waals surface area contributed by atoms with Gasteiger partial charge in [-0.2, -0.15) is 0 Å². The SMILES string of the molecule is CC(=O)N([SH](=O)=O)[SH](=O)=O.CCCCCCCC. The van der Waals surface area contributed by atoms with Gasteiger partial charge < -0.3 is 0 Å². The summed E-state index contributed by atoms with van der Waals surface area (Å²) in [4.78, 5) is 10.2. The van der Waals surface area contributed by atoms with Crippen LogP contribution in [0.15, 0.2) is 0 Å². The minimum absolute atomic E-state index is 0.231. The molecular weight excluding hydrogens is 278 g/mol. The van der Waals surface area contributed by atoms with Crippen molar-refractivity contribution in [3.8, 4) is 0 Å². The average Bonchev–Trinajstić information content (AvgIpc) is 2.23. The molecule has 1 amide bonds. The average molecular weight is 301 g/mol. The molecule has 0 heterocycles. The van der Waals surface area contributed by atoms with E-state index in [9.17, 15) is 21.6 Å². The summed E-state index contributed by atoms with van der Waals surface area (Å²) in [5.74, 6) is -1.03. The fourth-order valence-corrected chi connectivity index (χ4v) is 2.08. The topological polar surface area (TPSA) is 88.6 Å². The largest absolute Gasteiger partial charge is 0.273 e. The first-order chi connectivity index (χ1) is 8.38.